The van der Waals surface area contributed by atoms with Crippen LogP contribution in [0, 0.1) is 0 Å². The minimum absolute atomic E-state index is 0.00913. The molecule has 0 aliphatic carbocycles. The lowest BCUT2D eigenvalue weighted by atomic mass is 10.2. The Labute approximate surface area is 634 Å². The van der Waals surface area contributed by atoms with Gasteiger partial charge >= 0.3 is 30.1 Å². The van der Waals surface area contributed by atoms with Crippen molar-refractivity contribution in [3.8, 4) is 23.0 Å². The number of benzene rings is 4. The number of rotatable bonds is 43. The third-order valence-electron chi connectivity index (χ3n) is 14.4. The molecular weight excluding hydrogens is 1460 g/mol. The molecule has 111 heavy (non-hydrogen) atoms. The summed E-state index contributed by atoms with van der Waals surface area (Å²) in [5.74, 6) is -6.14. The summed E-state index contributed by atoms with van der Waals surface area (Å²) in [6, 6.07) is 21.3. The van der Waals surface area contributed by atoms with E-state index in [9.17, 15) is 58.2 Å². The van der Waals surface area contributed by atoms with E-state index in [0.29, 0.717) is 112 Å². The molecule has 4 heterocycles. The maximum Gasteiger partial charge on any atom is 0.407 e. The van der Waals surface area contributed by atoms with Gasteiger partial charge in [-0.15, -0.1) is 0 Å². The summed E-state index contributed by atoms with van der Waals surface area (Å²) >= 11 is 0. The Bertz CT molecular complexity index is 4480. The van der Waals surface area contributed by atoms with Gasteiger partial charge in [-0.05, 0) is 122 Å². The fraction of sp³-hybridized carbons (Fsp3) is 0.447. The lowest BCUT2D eigenvalue weighted by Gasteiger charge is -2.19. The molecule has 4 aromatic carbocycles. The van der Waals surface area contributed by atoms with Gasteiger partial charge in [0.05, 0.1) is 52.9 Å². The summed E-state index contributed by atoms with van der Waals surface area (Å²) in [7, 11) is 0. The highest BCUT2D eigenvalue weighted by atomic mass is 16.6. The molecule has 35 heteroatoms. The minimum Gasteiger partial charge on any atom is -0.490 e. The normalized spacial score (nSPS) is 11.6. The van der Waals surface area contributed by atoms with E-state index < -0.39 is 98.4 Å². The minimum atomic E-state index is -1.39. The molecule has 0 saturated carbocycles. The van der Waals surface area contributed by atoms with Crippen LogP contribution in [0.4, 0.5) is 9.59 Å². The number of carboxylic acids is 3. The Morgan fingerprint density at radius 2 is 0.631 bits per heavy atom. The third kappa shape index (κ3) is 31.5. The van der Waals surface area contributed by atoms with Crippen molar-refractivity contribution in [3.63, 3.8) is 0 Å². The molecule has 8 aromatic rings. The third-order valence-corrected chi connectivity index (χ3v) is 14.4. The monoisotopic (exact) mass is 1560 g/mol. The number of carbonyl (C=O) groups excluding carboxylic acids is 3. The fourth-order valence-corrected chi connectivity index (χ4v) is 9.55. The second-order valence-corrected chi connectivity index (χ2v) is 25.9. The molecule has 0 aliphatic rings. The first-order valence-electron chi connectivity index (χ1n) is 35.3. The lowest BCUT2D eigenvalue weighted by molar-refractivity contribution is 0.0136. The van der Waals surface area contributed by atoms with Gasteiger partial charge in [-0.1, -0.05) is 24.3 Å². The molecular formula is C76H94N4O31. The average Bonchev–Trinajstić information content (AvgIpc) is 0.818. The smallest absolute Gasteiger partial charge is 0.407 e. The summed E-state index contributed by atoms with van der Waals surface area (Å²) in [6.45, 7) is 17.5. The summed E-state index contributed by atoms with van der Waals surface area (Å²) in [5.41, 5.74) is 2.08. The summed E-state index contributed by atoms with van der Waals surface area (Å²) in [4.78, 5) is 119. The summed E-state index contributed by atoms with van der Waals surface area (Å²) < 4.78 is 86.4. The molecule has 0 fully saturated rings. The van der Waals surface area contributed by atoms with E-state index in [4.69, 9.17) is 95.6 Å². The van der Waals surface area contributed by atoms with Crippen LogP contribution in [0.2, 0.25) is 0 Å². The zero-order valence-electron chi connectivity index (χ0n) is 62.3. The number of aromatic carboxylic acids is 3. The predicted molar refractivity (Wildman–Crippen MR) is 398 cm³/mol. The first-order valence-corrected chi connectivity index (χ1v) is 35.3. The number of hydrogen-bond donors (Lipinski definition) is 9. The maximum atomic E-state index is 13.0. The van der Waals surface area contributed by atoms with Crippen LogP contribution < -0.4 is 62.3 Å². The van der Waals surface area contributed by atoms with Crippen LogP contribution >= 0.6 is 0 Å². The Kier molecular flexibility index (Phi) is 36.7. The number of fused-ring (bicyclic) bond motifs is 4. The fourth-order valence-electron chi connectivity index (χ4n) is 9.55. The second kappa shape index (κ2) is 45.8. The molecule has 604 valence electrons. The Morgan fingerprint density at radius 1 is 0.378 bits per heavy atom. The van der Waals surface area contributed by atoms with Crippen LogP contribution in [0.15, 0.2) is 134 Å². The second-order valence-electron chi connectivity index (χ2n) is 25.9. The summed E-state index contributed by atoms with van der Waals surface area (Å²) in [5, 5.41) is 56.2. The Morgan fingerprint density at radius 3 is 0.901 bits per heavy atom. The van der Waals surface area contributed by atoms with Gasteiger partial charge in [0, 0.05) is 70.3 Å². The first-order chi connectivity index (χ1) is 53.0. The van der Waals surface area contributed by atoms with Crippen molar-refractivity contribution in [2.45, 2.75) is 90.6 Å². The number of amides is 3. The van der Waals surface area contributed by atoms with Gasteiger partial charge in [0.1, 0.15) is 117 Å². The van der Waals surface area contributed by atoms with Crippen LogP contribution in [-0.4, -0.2) is 217 Å². The van der Waals surface area contributed by atoms with Crippen LogP contribution in [0.25, 0.3) is 43.9 Å². The highest BCUT2D eigenvalue weighted by Crippen LogP contribution is 2.28. The number of carboxylic acid groups (broad SMARTS) is 3. The average molecular weight is 1560 g/mol. The highest BCUT2D eigenvalue weighted by molar-refractivity contribution is 5.95. The number of nitrogens with one attached hydrogen (secondary N) is 3. The van der Waals surface area contributed by atoms with E-state index in [-0.39, 0.29) is 106 Å². The Balaban J connectivity index is 0.000000290. The molecule has 3 amide bonds. The largest absolute Gasteiger partial charge is 0.490 e. The molecule has 35 nitrogen and oxygen atoms in total. The van der Waals surface area contributed by atoms with Gasteiger partial charge < -0.3 is 122 Å². The maximum absolute atomic E-state index is 13.0. The van der Waals surface area contributed by atoms with Gasteiger partial charge in [0.2, 0.25) is 17.3 Å². The van der Waals surface area contributed by atoms with E-state index in [1.165, 1.54) is 66.7 Å². The van der Waals surface area contributed by atoms with Gasteiger partial charge in [-0.3, -0.25) is 24.0 Å². The van der Waals surface area contributed by atoms with Crippen molar-refractivity contribution in [1.29, 1.82) is 0 Å². The molecule has 0 radical (unpaired) electrons. The van der Waals surface area contributed by atoms with Gasteiger partial charge in [0.25, 0.3) is 5.91 Å². The number of carbonyl (C=O) groups is 6. The van der Waals surface area contributed by atoms with Crippen LogP contribution in [-0.2, 0) is 37.9 Å². The predicted octanol–water partition coefficient (Wildman–Crippen LogP) is 6.92. The van der Waals surface area contributed by atoms with Gasteiger partial charge in [-0.25, -0.2) is 24.0 Å². The number of nitrogens with two attached hydrogens (primary N) is 1. The number of ether oxygens (including phenoxy) is 12. The molecule has 4 aromatic heterocycles. The van der Waals surface area contributed by atoms with Gasteiger partial charge in [-0.2, -0.15) is 0 Å². The standard InChI is InChI=1S/C38H46N2O15.C23H16O11.C15H32N2O5/c1-38(2,3)55-37(47)40-13-7-15-49-17-19-50-18-16-48-14-6-12-39-35(44)31-20-25(42)33-27(8-4-10-29(33)53-31)51-22-24(41)23-52-28-9-5-11-30-34(28)26(43)21-32(54-30)36(45)46;24-11(9-31-14-3-1-5-16-20(14)12(25)7-18(33-16)22(27)28)10-32-15-4-2-6-17-21(15)13(26)8-19(34-17)23(29)30;1-15(2,3)22-14(18)17-7-5-9-20-11-13-21-12-10-19-8-4-6-16/h4-5,8-11,20-21,24,41H,6-7,12-19,22-23H2,1-3H3,(H,39,44)(H,40,47)(H,45,46);1-8,11,24H,9-10H2,(H,27,28)(H,29,30);4-13,16H2,1-3H3,(H,17,18). The van der Waals surface area contributed by atoms with Crippen molar-refractivity contribution in [1.82, 2.24) is 16.0 Å². The molecule has 0 bridgehead atoms. The molecule has 1 unspecified atom stereocenters. The molecule has 1 atom stereocenters. The van der Waals surface area contributed by atoms with Crippen molar-refractivity contribution in [2.75, 3.05) is 132 Å². The molecule has 10 N–H and O–H groups in total. The van der Waals surface area contributed by atoms with Crippen molar-refractivity contribution in [2.24, 2.45) is 5.73 Å². The van der Waals surface area contributed by atoms with Crippen molar-refractivity contribution < 1.29 is 129 Å². The van der Waals surface area contributed by atoms with Crippen molar-refractivity contribution >= 4 is 79.9 Å². The van der Waals surface area contributed by atoms with E-state index in [2.05, 4.69) is 16.0 Å². The lowest BCUT2D eigenvalue weighted by Crippen LogP contribution is -2.33. The molecule has 8 rings (SSSR count). The van der Waals surface area contributed by atoms with Crippen LogP contribution in [0.3, 0.4) is 0 Å². The molecule has 0 saturated heterocycles. The molecule has 0 spiro atoms. The topological polar surface area (TPSA) is 497 Å². The SMILES string of the molecule is CC(C)(C)OC(=O)NCCCOCCOCCOCCCN.CC(C)(C)OC(=O)NCCCOCCOCCOCCCNC(=O)c1cc(=O)c2c(OCC(O)COc3cccc4oc(C(=O)O)cc(=O)c34)cccc2o1.O=C(O)c1cc(=O)c2c(OCC(O)COc3cccc4oc(C(=O)O)cc(=O)c34)cccc2o1. The summed E-state index contributed by atoms with van der Waals surface area (Å²) in [6.07, 6.45) is -0.487. The quantitative estimate of drug-likeness (QED) is 0.0175. The van der Waals surface area contributed by atoms with Crippen LogP contribution in [0.1, 0.15) is 109 Å². The van der Waals surface area contributed by atoms with Crippen molar-refractivity contribution in [3.05, 3.63) is 161 Å². The first kappa shape index (κ1) is 88.9. The number of aliphatic hydroxyl groups is 2. The number of hydrogen-bond acceptors (Lipinski definition) is 29. The van der Waals surface area contributed by atoms with Crippen LogP contribution in [0.5, 0.6) is 23.0 Å². The zero-order valence-corrected chi connectivity index (χ0v) is 62.3. The zero-order chi connectivity index (χ0) is 80.9. The van der Waals surface area contributed by atoms with Gasteiger partial charge in [0.15, 0.2) is 27.5 Å². The number of aliphatic hydroxyl groups excluding tert-OH is 2. The molecule has 0 aliphatic heterocycles. The highest BCUT2D eigenvalue weighted by Gasteiger charge is 2.23. The van der Waals surface area contributed by atoms with E-state index >= 15 is 0 Å². The van der Waals surface area contributed by atoms with E-state index in [1.807, 2.05) is 20.8 Å². The number of alkyl carbamates (subject to hydrolysis) is 2. The Hall–Kier alpha value is -11.0. The van der Waals surface area contributed by atoms with E-state index in [1.54, 1.807) is 26.8 Å². The van der Waals surface area contributed by atoms with E-state index in [0.717, 1.165) is 37.1 Å².